The number of para-hydroxylation sites is 1. The monoisotopic (exact) mass is 384 g/mol. The minimum Gasteiger partial charge on any atom is -0.376 e. The zero-order valence-electron chi connectivity index (χ0n) is 13.3. The Morgan fingerprint density at radius 1 is 1.46 bits per heavy atom. The van der Waals surface area contributed by atoms with Gasteiger partial charge in [0.1, 0.15) is 4.33 Å². The van der Waals surface area contributed by atoms with Crippen molar-refractivity contribution < 1.29 is 9.53 Å². The summed E-state index contributed by atoms with van der Waals surface area (Å²) >= 11 is 14.0. The highest BCUT2D eigenvalue weighted by Crippen LogP contribution is 2.64. The Bertz CT molecular complexity index is 755. The van der Waals surface area contributed by atoms with E-state index in [-0.39, 0.29) is 12.0 Å². The van der Waals surface area contributed by atoms with E-state index in [0.29, 0.717) is 18.1 Å². The highest BCUT2D eigenvalue weighted by atomic mass is 35.5. The van der Waals surface area contributed by atoms with Crippen LogP contribution in [0.1, 0.15) is 26.2 Å². The van der Waals surface area contributed by atoms with Gasteiger partial charge in [0.15, 0.2) is 5.13 Å². The molecule has 2 heterocycles. The van der Waals surface area contributed by atoms with Crippen molar-refractivity contribution in [2.75, 3.05) is 18.1 Å². The minimum absolute atomic E-state index is 0.0448. The number of halogens is 2. The number of hydrogen-bond acceptors (Lipinski definition) is 4. The van der Waals surface area contributed by atoms with Gasteiger partial charge in [0.25, 0.3) is 0 Å². The first-order valence-electron chi connectivity index (χ1n) is 8.08. The van der Waals surface area contributed by atoms with Crippen LogP contribution in [0.4, 0.5) is 5.13 Å². The van der Waals surface area contributed by atoms with E-state index < -0.39 is 9.75 Å². The number of ether oxygens (including phenoxy) is 1. The first kappa shape index (κ1) is 16.6. The van der Waals surface area contributed by atoms with Crippen molar-refractivity contribution in [1.82, 2.24) is 4.98 Å². The third-order valence-corrected chi connectivity index (χ3v) is 7.06. The Hall–Kier alpha value is -0.880. The molecular formula is C17H18Cl2N2O2S. The number of fused-ring (bicyclic) bond motifs is 1. The Balaban J connectivity index is 1.68. The van der Waals surface area contributed by atoms with Gasteiger partial charge in [0.05, 0.1) is 28.3 Å². The maximum Gasteiger partial charge on any atom is 0.237 e. The van der Waals surface area contributed by atoms with Gasteiger partial charge in [0.2, 0.25) is 5.91 Å². The first-order valence-corrected chi connectivity index (χ1v) is 9.65. The van der Waals surface area contributed by atoms with Crippen LogP contribution in [0.15, 0.2) is 24.3 Å². The lowest BCUT2D eigenvalue weighted by Crippen LogP contribution is -2.42. The number of anilines is 1. The number of carbonyl (C=O) groups is 1. The van der Waals surface area contributed by atoms with Gasteiger partial charge in [-0.05, 0) is 38.3 Å². The van der Waals surface area contributed by atoms with Crippen molar-refractivity contribution in [1.29, 1.82) is 0 Å². The average molecular weight is 385 g/mol. The average Bonchev–Trinajstić information content (AvgIpc) is 3.02. The molecule has 2 aromatic rings. The second kappa shape index (κ2) is 5.84. The van der Waals surface area contributed by atoms with E-state index in [1.54, 1.807) is 4.90 Å². The number of nitrogens with zero attached hydrogens (tertiary/aromatic N) is 2. The fourth-order valence-electron chi connectivity index (χ4n) is 3.15. The van der Waals surface area contributed by atoms with Gasteiger partial charge in [-0.2, -0.15) is 0 Å². The Morgan fingerprint density at radius 2 is 2.21 bits per heavy atom. The van der Waals surface area contributed by atoms with E-state index >= 15 is 0 Å². The lowest BCUT2D eigenvalue weighted by molar-refractivity contribution is -0.123. The summed E-state index contributed by atoms with van der Waals surface area (Å²) in [7, 11) is 0. The molecule has 1 saturated heterocycles. The van der Waals surface area contributed by atoms with Crippen LogP contribution in [0.3, 0.4) is 0 Å². The first-order chi connectivity index (χ1) is 11.4. The summed E-state index contributed by atoms with van der Waals surface area (Å²) in [4.78, 5) is 19.6. The van der Waals surface area contributed by atoms with Crippen LogP contribution in [-0.4, -0.2) is 34.5 Å². The third kappa shape index (κ3) is 2.71. The fraction of sp³-hybridized carbons (Fsp3) is 0.529. The molecule has 7 heteroatoms. The van der Waals surface area contributed by atoms with Crippen LogP contribution < -0.4 is 4.90 Å². The molecule has 24 heavy (non-hydrogen) atoms. The smallest absolute Gasteiger partial charge is 0.237 e. The second-order valence-corrected chi connectivity index (χ2v) is 9.22. The van der Waals surface area contributed by atoms with Gasteiger partial charge in [-0.3, -0.25) is 9.69 Å². The summed E-state index contributed by atoms with van der Waals surface area (Å²) in [6, 6.07) is 7.89. The summed E-state index contributed by atoms with van der Waals surface area (Å²) in [6.07, 6.45) is 2.50. The quantitative estimate of drug-likeness (QED) is 0.733. The second-order valence-electron chi connectivity index (χ2n) is 6.73. The van der Waals surface area contributed by atoms with Gasteiger partial charge in [-0.25, -0.2) is 4.98 Å². The van der Waals surface area contributed by atoms with Crippen LogP contribution >= 0.6 is 34.5 Å². The van der Waals surface area contributed by atoms with Gasteiger partial charge in [-0.15, -0.1) is 23.2 Å². The summed E-state index contributed by atoms with van der Waals surface area (Å²) < 4.78 is 5.80. The molecule has 0 bridgehead atoms. The van der Waals surface area contributed by atoms with Crippen LogP contribution in [0.2, 0.25) is 0 Å². The number of hydrogen-bond donors (Lipinski definition) is 0. The molecule has 2 aliphatic rings. The maximum absolute atomic E-state index is 13.2. The molecule has 128 valence electrons. The zero-order valence-corrected chi connectivity index (χ0v) is 15.6. The molecule has 1 amide bonds. The topological polar surface area (TPSA) is 42.4 Å². The Kier molecular flexibility index (Phi) is 4.03. The van der Waals surface area contributed by atoms with E-state index in [4.69, 9.17) is 27.9 Å². The molecule has 4 rings (SSSR count). The molecule has 0 spiro atoms. The van der Waals surface area contributed by atoms with Crippen molar-refractivity contribution in [2.24, 2.45) is 5.41 Å². The fourth-order valence-corrected chi connectivity index (χ4v) is 4.81. The van der Waals surface area contributed by atoms with Crippen molar-refractivity contribution in [3.63, 3.8) is 0 Å². The normalized spacial score (nSPS) is 28.2. The number of carbonyl (C=O) groups excluding carboxylic acids is 1. The Labute approximate surface area is 154 Å². The number of thiazole rings is 1. The number of aromatic nitrogens is 1. The van der Waals surface area contributed by atoms with E-state index in [1.807, 2.05) is 31.2 Å². The van der Waals surface area contributed by atoms with E-state index in [2.05, 4.69) is 4.98 Å². The number of rotatable bonds is 4. The molecule has 1 aromatic heterocycles. The summed E-state index contributed by atoms with van der Waals surface area (Å²) in [5.74, 6) is -0.0675. The van der Waals surface area contributed by atoms with Gasteiger partial charge >= 0.3 is 0 Å². The summed E-state index contributed by atoms with van der Waals surface area (Å²) in [6.45, 7) is 3.07. The van der Waals surface area contributed by atoms with Gasteiger partial charge in [0, 0.05) is 6.61 Å². The molecule has 0 radical (unpaired) electrons. The molecule has 1 aromatic carbocycles. The zero-order chi connectivity index (χ0) is 16.9. The molecule has 2 fully saturated rings. The number of alkyl halides is 2. The van der Waals surface area contributed by atoms with Crippen molar-refractivity contribution in [2.45, 2.75) is 36.6 Å². The van der Waals surface area contributed by atoms with E-state index in [1.165, 1.54) is 11.3 Å². The van der Waals surface area contributed by atoms with Crippen LogP contribution in [0, 0.1) is 5.41 Å². The standard InChI is InChI=1S/C17H18Cl2N2O2S/c1-16(10-17(16,18)19)14(22)21(9-11-5-4-8-23-11)15-20-12-6-2-3-7-13(12)24-15/h2-3,6-7,11H,4-5,8-10H2,1H3/t11-,16-/m0/s1. The molecule has 0 unspecified atom stereocenters. The van der Waals surface area contributed by atoms with Crippen molar-refractivity contribution >= 4 is 55.8 Å². The Morgan fingerprint density at radius 3 is 2.83 bits per heavy atom. The SMILES string of the molecule is C[C@@]1(C(=O)N(C[C@@H]2CCCO2)c2nc3ccccc3s2)CC1(Cl)Cl. The van der Waals surface area contributed by atoms with Crippen molar-refractivity contribution in [3.8, 4) is 0 Å². The lowest BCUT2D eigenvalue weighted by atomic mass is 10.1. The molecule has 0 N–H and O–H groups in total. The minimum atomic E-state index is -0.991. The predicted octanol–water partition coefficient (Wildman–Crippen LogP) is 4.39. The highest BCUT2D eigenvalue weighted by Gasteiger charge is 2.69. The van der Waals surface area contributed by atoms with Gasteiger partial charge < -0.3 is 4.74 Å². The highest BCUT2D eigenvalue weighted by molar-refractivity contribution is 7.22. The molecular weight excluding hydrogens is 367 g/mol. The maximum atomic E-state index is 13.2. The molecule has 1 aliphatic heterocycles. The van der Waals surface area contributed by atoms with E-state index in [9.17, 15) is 4.79 Å². The number of benzene rings is 1. The van der Waals surface area contributed by atoms with Crippen molar-refractivity contribution in [3.05, 3.63) is 24.3 Å². The van der Waals surface area contributed by atoms with E-state index in [0.717, 1.165) is 29.7 Å². The predicted molar refractivity (Wildman–Crippen MR) is 98.1 cm³/mol. The third-order valence-electron chi connectivity index (χ3n) is 4.90. The number of amides is 1. The summed E-state index contributed by atoms with van der Waals surface area (Å²) in [5, 5.41) is 0.689. The van der Waals surface area contributed by atoms with Gasteiger partial charge in [-0.1, -0.05) is 23.5 Å². The lowest BCUT2D eigenvalue weighted by Gasteiger charge is -2.26. The molecule has 2 atom stereocenters. The van der Waals surface area contributed by atoms with Crippen LogP contribution in [-0.2, 0) is 9.53 Å². The molecule has 1 saturated carbocycles. The molecule has 4 nitrogen and oxygen atoms in total. The molecule has 1 aliphatic carbocycles. The van der Waals surface area contributed by atoms with Crippen LogP contribution in [0.5, 0.6) is 0 Å². The largest absolute Gasteiger partial charge is 0.376 e. The summed E-state index contributed by atoms with van der Waals surface area (Å²) in [5.41, 5.74) is 0.138. The van der Waals surface area contributed by atoms with Crippen LogP contribution in [0.25, 0.3) is 10.2 Å².